The molecule has 0 saturated carbocycles. The first-order valence-electron chi connectivity index (χ1n) is 6.01. The van der Waals surface area contributed by atoms with E-state index in [1.165, 1.54) is 11.9 Å². The van der Waals surface area contributed by atoms with Gasteiger partial charge in [0.1, 0.15) is 11.4 Å². The van der Waals surface area contributed by atoms with Crippen molar-refractivity contribution < 1.29 is 19.2 Å². The first-order chi connectivity index (χ1) is 9.41. The molecule has 8 heteroatoms. The van der Waals surface area contributed by atoms with Gasteiger partial charge in [0.25, 0.3) is 11.6 Å². The van der Waals surface area contributed by atoms with Crippen LogP contribution in [0.4, 0.5) is 10.1 Å². The minimum Gasteiger partial charge on any atom is -0.390 e. The van der Waals surface area contributed by atoms with Crippen LogP contribution in [0.3, 0.4) is 0 Å². The number of halogens is 1. The van der Waals surface area contributed by atoms with Gasteiger partial charge in [0, 0.05) is 20.1 Å². The van der Waals surface area contributed by atoms with E-state index in [1.807, 2.05) is 0 Å². The molecule has 7 nitrogen and oxygen atoms in total. The van der Waals surface area contributed by atoms with E-state index >= 15 is 0 Å². The Balaban J connectivity index is 2.31. The van der Waals surface area contributed by atoms with Crippen LogP contribution in [0.25, 0.3) is 0 Å². The Hall–Kier alpha value is -2.06. The second-order valence-corrected chi connectivity index (χ2v) is 4.63. The molecule has 1 aliphatic rings. The summed E-state index contributed by atoms with van der Waals surface area (Å²) in [5.74, 6) is -1.40. The fourth-order valence-corrected chi connectivity index (χ4v) is 2.22. The highest BCUT2D eigenvalue weighted by Gasteiger charge is 2.33. The first-order valence-corrected chi connectivity index (χ1v) is 6.01. The van der Waals surface area contributed by atoms with Crippen LogP contribution in [0.1, 0.15) is 10.4 Å². The number of likely N-dealkylation sites (N-methyl/N-ethyl adjacent to an activating group) is 1. The molecule has 0 unspecified atom stereocenters. The lowest BCUT2D eigenvalue weighted by Crippen LogP contribution is -2.44. The van der Waals surface area contributed by atoms with Gasteiger partial charge in [0.05, 0.1) is 23.1 Å². The van der Waals surface area contributed by atoms with Gasteiger partial charge < -0.3 is 15.3 Å². The molecule has 1 amide bonds. The standard InChI is InChI=1S/C12H14FN3O4/c1-15(10-5-14-6-11(10)17)12(18)8-3-2-7(13)4-9(8)16(19)20/h2-4,10-11,14,17H,5-6H2,1H3/t10-,11-/m1/s1. The number of nitrogens with zero attached hydrogens (tertiary/aromatic N) is 2. The smallest absolute Gasteiger partial charge is 0.285 e. The molecule has 0 aliphatic carbocycles. The average Bonchev–Trinajstić information content (AvgIpc) is 2.83. The minimum atomic E-state index is -0.798. The molecule has 20 heavy (non-hydrogen) atoms. The molecule has 1 heterocycles. The molecule has 1 aromatic rings. The molecule has 2 rings (SSSR count). The maximum Gasteiger partial charge on any atom is 0.285 e. The third-order valence-electron chi connectivity index (χ3n) is 3.36. The molecule has 1 aromatic carbocycles. The number of nitro benzene ring substituents is 1. The molecule has 0 aromatic heterocycles. The Morgan fingerprint density at radius 2 is 2.25 bits per heavy atom. The van der Waals surface area contributed by atoms with Gasteiger partial charge in [-0.25, -0.2) is 4.39 Å². The number of hydrogen-bond donors (Lipinski definition) is 2. The fraction of sp³-hybridized carbons (Fsp3) is 0.417. The monoisotopic (exact) mass is 283 g/mol. The van der Waals surface area contributed by atoms with Crippen molar-refractivity contribution >= 4 is 11.6 Å². The molecular formula is C12H14FN3O4. The van der Waals surface area contributed by atoms with Crippen LogP contribution < -0.4 is 5.32 Å². The topological polar surface area (TPSA) is 95.7 Å². The Morgan fingerprint density at radius 1 is 1.55 bits per heavy atom. The second kappa shape index (κ2) is 5.51. The van der Waals surface area contributed by atoms with Crippen LogP contribution in [0.5, 0.6) is 0 Å². The van der Waals surface area contributed by atoms with Gasteiger partial charge in [0.2, 0.25) is 0 Å². The van der Waals surface area contributed by atoms with Gasteiger partial charge in [-0.15, -0.1) is 0 Å². The van der Waals surface area contributed by atoms with Gasteiger partial charge in [-0.1, -0.05) is 0 Å². The lowest BCUT2D eigenvalue weighted by atomic mass is 10.1. The van der Waals surface area contributed by atoms with Crippen LogP contribution >= 0.6 is 0 Å². The molecule has 0 spiro atoms. The second-order valence-electron chi connectivity index (χ2n) is 4.63. The summed E-state index contributed by atoms with van der Waals surface area (Å²) >= 11 is 0. The van der Waals surface area contributed by atoms with Gasteiger partial charge in [0.15, 0.2) is 0 Å². The lowest BCUT2D eigenvalue weighted by Gasteiger charge is -2.26. The van der Waals surface area contributed by atoms with Crippen LogP contribution in [-0.4, -0.2) is 53.1 Å². The Kier molecular flexibility index (Phi) is 3.96. The number of hydrogen-bond acceptors (Lipinski definition) is 5. The molecule has 108 valence electrons. The highest BCUT2D eigenvalue weighted by Crippen LogP contribution is 2.22. The van der Waals surface area contributed by atoms with E-state index in [0.717, 1.165) is 12.1 Å². The molecule has 1 fully saturated rings. The fourth-order valence-electron chi connectivity index (χ4n) is 2.22. The summed E-state index contributed by atoms with van der Waals surface area (Å²) in [4.78, 5) is 23.6. The first kappa shape index (κ1) is 14.4. The molecule has 2 N–H and O–H groups in total. The van der Waals surface area contributed by atoms with Crippen molar-refractivity contribution in [2.24, 2.45) is 0 Å². The minimum absolute atomic E-state index is 0.196. The Morgan fingerprint density at radius 3 is 2.80 bits per heavy atom. The predicted molar refractivity (Wildman–Crippen MR) is 67.8 cm³/mol. The van der Waals surface area contributed by atoms with Crippen LogP contribution in [0.15, 0.2) is 18.2 Å². The molecule has 1 saturated heterocycles. The molecule has 1 aliphatic heterocycles. The maximum atomic E-state index is 13.1. The summed E-state index contributed by atoms with van der Waals surface area (Å²) in [5, 5.41) is 23.5. The molecule has 2 atom stereocenters. The zero-order valence-corrected chi connectivity index (χ0v) is 10.7. The summed E-state index contributed by atoms with van der Waals surface area (Å²) in [6.07, 6.45) is -0.733. The molecule has 0 bridgehead atoms. The highest BCUT2D eigenvalue weighted by molar-refractivity contribution is 5.98. The zero-order chi connectivity index (χ0) is 14.9. The van der Waals surface area contributed by atoms with E-state index < -0.39 is 34.5 Å². The number of aliphatic hydroxyl groups is 1. The van der Waals surface area contributed by atoms with Crippen molar-refractivity contribution in [1.82, 2.24) is 10.2 Å². The summed E-state index contributed by atoms with van der Waals surface area (Å²) in [6.45, 7) is 0.756. The number of aliphatic hydroxyl groups excluding tert-OH is 1. The number of β-amino-alcohol motifs (C(OH)–C–C–N with tert-alkyl or cyclic N) is 1. The van der Waals surface area contributed by atoms with Crippen molar-refractivity contribution in [3.63, 3.8) is 0 Å². The molecule has 0 radical (unpaired) electrons. The normalized spacial score (nSPS) is 21.8. The summed E-state index contributed by atoms with van der Waals surface area (Å²) in [5.41, 5.74) is -0.778. The number of nitrogens with one attached hydrogen (secondary N) is 1. The van der Waals surface area contributed by atoms with Gasteiger partial charge in [-0.3, -0.25) is 14.9 Å². The van der Waals surface area contributed by atoms with Crippen LogP contribution in [-0.2, 0) is 0 Å². The van der Waals surface area contributed by atoms with Crippen molar-refractivity contribution in [3.8, 4) is 0 Å². The summed E-state index contributed by atoms with van der Waals surface area (Å²) in [7, 11) is 1.45. The number of amides is 1. The van der Waals surface area contributed by atoms with E-state index in [2.05, 4.69) is 5.32 Å². The van der Waals surface area contributed by atoms with E-state index in [-0.39, 0.29) is 5.56 Å². The van der Waals surface area contributed by atoms with E-state index in [9.17, 15) is 24.4 Å². The summed E-state index contributed by atoms with van der Waals surface area (Å²) in [6, 6.07) is 2.33. The van der Waals surface area contributed by atoms with E-state index in [0.29, 0.717) is 19.2 Å². The maximum absolute atomic E-state index is 13.1. The van der Waals surface area contributed by atoms with Gasteiger partial charge in [-0.2, -0.15) is 0 Å². The number of carbonyl (C=O) groups excluding carboxylic acids is 1. The number of rotatable bonds is 3. The predicted octanol–water partition coefficient (Wildman–Crippen LogP) is 0.139. The third kappa shape index (κ3) is 2.61. The van der Waals surface area contributed by atoms with E-state index in [4.69, 9.17) is 0 Å². The number of nitro groups is 1. The van der Waals surface area contributed by atoms with Crippen LogP contribution in [0.2, 0.25) is 0 Å². The average molecular weight is 283 g/mol. The largest absolute Gasteiger partial charge is 0.390 e. The Bertz CT molecular complexity index is 552. The third-order valence-corrected chi connectivity index (χ3v) is 3.36. The van der Waals surface area contributed by atoms with Gasteiger partial charge >= 0.3 is 0 Å². The number of carbonyl (C=O) groups is 1. The van der Waals surface area contributed by atoms with Crippen LogP contribution in [0, 0.1) is 15.9 Å². The Labute approximate surface area is 114 Å². The lowest BCUT2D eigenvalue weighted by molar-refractivity contribution is -0.385. The zero-order valence-electron chi connectivity index (χ0n) is 10.7. The SMILES string of the molecule is CN(C(=O)c1ccc(F)cc1[N+](=O)[O-])[C@@H]1CNC[C@H]1O. The summed E-state index contributed by atoms with van der Waals surface area (Å²) < 4.78 is 13.1. The van der Waals surface area contributed by atoms with Gasteiger partial charge in [-0.05, 0) is 12.1 Å². The van der Waals surface area contributed by atoms with Crippen molar-refractivity contribution in [2.75, 3.05) is 20.1 Å². The number of benzene rings is 1. The quantitative estimate of drug-likeness (QED) is 0.607. The van der Waals surface area contributed by atoms with Crippen molar-refractivity contribution in [1.29, 1.82) is 0 Å². The van der Waals surface area contributed by atoms with E-state index in [1.54, 1.807) is 0 Å². The van der Waals surface area contributed by atoms with Crippen molar-refractivity contribution in [2.45, 2.75) is 12.1 Å². The highest BCUT2D eigenvalue weighted by atomic mass is 19.1. The van der Waals surface area contributed by atoms with Crippen molar-refractivity contribution in [3.05, 3.63) is 39.7 Å². The molecular weight excluding hydrogens is 269 g/mol.